The molecule has 0 aromatic rings. The highest BCUT2D eigenvalue weighted by Crippen LogP contribution is 2.74. The molecular weight excluding hydrogens is 1750 g/mol. The van der Waals surface area contributed by atoms with Crippen molar-refractivity contribution in [3.05, 3.63) is 12.3 Å². The number of fused-ring (bicyclic) bond motifs is 13. The van der Waals surface area contributed by atoms with Gasteiger partial charge in [0.25, 0.3) is 0 Å². The Morgan fingerprint density at radius 3 is 1.79 bits per heavy atom. The van der Waals surface area contributed by atoms with Crippen molar-refractivity contribution in [2.75, 3.05) is 53.4 Å². The largest absolute Gasteiger partial charge is 0.498 e. The average Bonchev–Trinajstić information content (AvgIpc) is 1.47. The summed E-state index contributed by atoms with van der Waals surface area (Å²) in [6.45, 7) is 56.9. The van der Waals surface area contributed by atoms with Crippen molar-refractivity contribution >= 4 is 77.3 Å². The molecule has 766 valence electrons. The van der Waals surface area contributed by atoms with E-state index in [4.69, 9.17) is 73.2 Å². The summed E-state index contributed by atoms with van der Waals surface area (Å²) in [5, 5.41) is -0.394. The zero-order chi connectivity index (χ0) is 99.1. The lowest BCUT2D eigenvalue weighted by Crippen LogP contribution is -2.66. The molecule has 36 unspecified atom stereocenters. The highest BCUT2D eigenvalue weighted by atomic mass is 35.5. The molecule has 0 N–H and O–H groups in total. The molecule has 15 aliphatic carbocycles. The maximum absolute atomic E-state index is 11.8. The second-order valence-electron chi connectivity index (χ2n) is 50.8. The van der Waals surface area contributed by atoms with Gasteiger partial charge in [0.2, 0.25) is 6.10 Å². The summed E-state index contributed by atoms with van der Waals surface area (Å²) in [6.07, 6.45) is 29.6. The van der Waals surface area contributed by atoms with Gasteiger partial charge in [0.1, 0.15) is 29.8 Å². The van der Waals surface area contributed by atoms with Crippen molar-refractivity contribution < 1.29 is 114 Å². The Balaban J connectivity index is 0.000000120. The molecule has 12 aliphatic heterocycles. The van der Waals surface area contributed by atoms with Gasteiger partial charge in [-0.3, -0.25) is 47.9 Å². The van der Waals surface area contributed by atoms with E-state index in [2.05, 4.69) is 131 Å². The molecule has 0 amide bonds. The summed E-state index contributed by atoms with van der Waals surface area (Å²) in [5.41, 5.74) is 1.63. The minimum absolute atomic E-state index is 0.00667. The lowest BCUT2D eigenvalue weighted by Gasteiger charge is -2.66. The third-order valence-electron chi connectivity index (χ3n) is 41.0. The highest BCUT2D eigenvalue weighted by molar-refractivity contribution is 6.30. The molecule has 0 radical (unpaired) electrons. The molecule has 15 saturated carbocycles. The minimum Gasteiger partial charge on any atom is -0.498 e. The number of ether oxygens (including phenoxy) is 13. The van der Waals surface area contributed by atoms with Crippen LogP contribution < -0.4 is 0 Å². The van der Waals surface area contributed by atoms with Crippen LogP contribution in [0.25, 0.3) is 0 Å². The van der Waals surface area contributed by atoms with Crippen molar-refractivity contribution in [3.63, 3.8) is 0 Å². The molecule has 25 heteroatoms. The Hall–Kier alpha value is -6.04. The third-order valence-corrected chi connectivity index (χ3v) is 41.6. The maximum Gasteiger partial charge on any atom is 0.347 e. The standard InChI is InChI=1S/C17H28O2.C13H20O2.2C11H16O2.C10H16O4.C10H14O2.C9H12O2.C9H16O2.C8H12O2.C7H12O2.C6H9ClO2/c1-10(2)17-8-7-16(5,11(3)15(17)18-6)13-9-19-12(4)14(13)17;1-7(2)13-5-9-11(14)15-10(8(13)3)12(9,4)6-13;1-11-4-7-2-8(5-11)10(12)13-9(3-7)6-11;1-6-4-7-2-3-8(6)9-5-13-11(12)10(7)9;1-4-10(2,3)9(12)14-7-5-6-13-8(7)11;1-5-2-6-3-7(5)9-8(6)4-12-10(9)11;1-4-5-2-6-7(3-5)9(10)11-8(4)6;1-4-9(2,3)7-5-8(10)11-6-7;1-8-4-2-3-6(8)10-7(9)5-8;1-7(2)3-4-9-6(8)5-7;1-2-4-3-9-6(8)5(4)7/h10-11,13-15H,4,7-9H2,1-3,5-6H3;7-10H,5-6H2,1-4H3;7-9H,2-6H2,1H3;6-10H,2-5H2,1H3;7H,4-6H2,1-3H3;5-9H,2-4H2,1H3;4-8H,2-3H2,1H3;7H,4-6H2,1-3H3;6H,2-5H2,1H3;3-5H2,1-2H3;4-5H,2-3H2,1H3. The molecule has 36 atom stereocenters. The highest BCUT2D eigenvalue weighted by Gasteiger charge is 2.75. The van der Waals surface area contributed by atoms with Crippen LogP contribution in [0, 0.1) is 197 Å². The molecule has 136 heavy (non-hydrogen) atoms. The normalized spacial score (nSPS) is 45.0. The van der Waals surface area contributed by atoms with Crippen molar-refractivity contribution in [1.82, 2.24) is 0 Å². The van der Waals surface area contributed by atoms with Gasteiger partial charge in [0, 0.05) is 71.2 Å². The van der Waals surface area contributed by atoms with Crippen LogP contribution in [0.3, 0.4) is 0 Å². The molecule has 0 aromatic heterocycles. The number of carbonyl (C=O) groups excluding carboxylic acids is 11. The summed E-state index contributed by atoms with van der Waals surface area (Å²) >= 11 is 5.65. The molecule has 27 aliphatic rings. The van der Waals surface area contributed by atoms with E-state index in [9.17, 15) is 52.7 Å². The van der Waals surface area contributed by atoms with Crippen LogP contribution in [-0.2, 0) is 114 Å². The van der Waals surface area contributed by atoms with Gasteiger partial charge in [0.15, 0.2) is 0 Å². The second-order valence-corrected chi connectivity index (χ2v) is 51.3. The first-order chi connectivity index (χ1) is 63.9. The van der Waals surface area contributed by atoms with Crippen LogP contribution in [0.1, 0.15) is 326 Å². The van der Waals surface area contributed by atoms with Crippen molar-refractivity contribution in [2.24, 2.45) is 197 Å². The summed E-state index contributed by atoms with van der Waals surface area (Å²) in [5.74, 6) is 14.4. The lowest BCUT2D eigenvalue weighted by atomic mass is 9.39. The molecular formula is C111H171ClO24. The zero-order valence-corrected chi connectivity index (χ0v) is 87.7. The number of halogens is 1. The van der Waals surface area contributed by atoms with E-state index in [1.165, 1.54) is 77.0 Å². The number of hydrogen-bond acceptors (Lipinski definition) is 24. The fourth-order valence-electron chi connectivity index (χ4n) is 31.5. The van der Waals surface area contributed by atoms with Crippen LogP contribution in [0.5, 0.6) is 0 Å². The Kier molecular flexibility index (Phi) is 31.9. The van der Waals surface area contributed by atoms with Crippen molar-refractivity contribution in [2.45, 2.75) is 368 Å². The summed E-state index contributed by atoms with van der Waals surface area (Å²) in [4.78, 5) is 123. The van der Waals surface area contributed by atoms with Crippen LogP contribution >= 0.6 is 11.6 Å². The molecule has 12 heterocycles. The van der Waals surface area contributed by atoms with Crippen LogP contribution in [0.2, 0.25) is 0 Å². The fourth-order valence-corrected chi connectivity index (χ4v) is 31.8. The Morgan fingerprint density at radius 1 is 0.544 bits per heavy atom. The number of allylic oxidation sites excluding steroid dienone is 1. The molecule has 0 aromatic carbocycles. The summed E-state index contributed by atoms with van der Waals surface area (Å²) in [6, 6.07) is 0. The van der Waals surface area contributed by atoms with Crippen LogP contribution in [0.4, 0.5) is 0 Å². The average molecular weight is 1930 g/mol. The first-order valence-electron chi connectivity index (χ1n) is 53.3. The van der Waals surface area contributed by atoms with Gasteiger partial charge in [-0.25, -0.2) is 4.79 Å². The maximum atomic E-state index is 11.8. The summed E-state index contributed by atoms with van der Waals surface area (Å²) < 4.78 is 67.9. The number of carbonyl (C=O) groups is 11. The summed E-state index contributed by atoms with van der Waals surface area (Å²) in [7, 11) is 1.89. The zero-order valence-electron chi connectivity index (χ0n) is 86.9. The van der Waals surface area contributed by atoms with E-state index in [1.54, 1.807) is 13.8 Å². The lowest BCUT2D eigenvalue weighted by molar-refractivity contribution is -0.230. The van der Waals surface area contributed by atoms with E-state index < -0.39 is 22.9 Å². The number of esters is 11. The predicted octanol–water partition coefficient (Wildman–Crippen LogP) is 20.4. The molecule has 27 fully saturated rings. The molecule has 0 spiro atoms. The molecule has 24 nitrogen and oxygen atoms in total. The van der Waals surface area contributed by atoms with Gasteiger partial charge in [-0.1, -0.05) is 151 Å². The van der Waals surface area contributed by atoms with E-state index in [0.29, 0.717) is 176 Å². The van der Waals surface area contributed by atoms with E-state index in [-0.39, 0.29) is 129 Å². The topological polar surface area (TPSA) is 308 Å². The van der Waals surface area contributed by atoms with Crippen molar-refractivity contribution in [1.29, 1.82) is 0 Å². The smallest absolute Gasteiger partial charge is 0.347 e. The Bertz CT molecular complexity index is 4380. The Morgan fingerprint density at radius 2 is 1.23 bits per heavy atom. The van der Waals surface area contributed by atoms with Gasteiger partial charge in [0.05, 0.1) is 112 Å². The second kappa shape index (κ2) is 41.0. The first-order valence-corrected chi connectivity index (χ1v) is 53.8. The van der Waals surface area contributed by atoms with E-state index in [1.807, 2.05) is 21.0 Å². The first kappa shape index (κ1) is 106. The predicted molar refractivity (Wildman–Crippen MR) is 509 cm³/mol. The quantitative estimate of drug-likeness (QED) is 0.118. The van der Waals surface area contributed by atoms with Crippen LogP contribution in [0.15, 0.2) is 12.3 Å². The number of alkyl halides is 1. The Labute approximate surface area is 817 Å². The van der Waals surface area contributed by atoms with Gasteiger partial charge in [-0.2, -0.15) is 0 Å². The monoisotopic (exact) mass is 1920 g/mol. The number of cyclic esters (lactones) is 6. The van der Waals surface area contributed by atoms with Crippen LogP contribution in [-0.4, -0.2) is 161 Å². The van der Waals surface area contributed by atoms with Gasteiger partial charge >= 0.3 is 65.7 Å². The molecule has 27 rings (SSSR count). The molecule has 14 bridgehead atoms. The SMILES string of the molecule is C=C1OCC2C1C1(C(C)C)CCC2(C)C(C)C1OC.CC(C)C12CC3C(=O)OC(C1C)C3(C)C2.CC1(C)CCOC(=O)C1.CC12CC3CC(C1)OC(=O)C(C3)C2.CC12CCCC1OC(=O)C2.CC1C2CC3C(=O)OC1C3C2.CC1CC2CC1C1C(=O)OCC21.CC1CC2CCC1C1COC(=O)C21.CCC(C)(C)C(=O)OC1CCOC1=O.CCC(C)(C)C1COC(=O)C1.CCC1COC(=O)C1Cl. The van der Waals surface area contributed by atoms with Gasteiger partial charge in [-0.05, 0) is 259 Å². The molecule has 12 saturated heterocycles. The van der Waals surface area contributed by atoms with Gasteiger partial charge in [-0.15, -0.1) is 11.6 Å². The van der Waals surface area contributed by atoms with Crippen molar-refractivity contribution in [3.8, 4) is 0 Å². The fraction of sp³-hybridized carbons (Fsp3) is 0.883. The number of rotatable bonds is 9. The third kappa shape index (κ3) is 20.5. The minimum atomic E-state index is -0.687. The number of hydrogen-bond donors (Lipinski definition) is 0. The number of methoxy groups -OCH3 is 1. The van der Waals surface area contributed by atoms with E-state index >= 15 is 0 Å². The van der Waals surface area contributed by atoms with E-state index in [0.717, 1.165) is 125 Å². The van der Waals surface area contributed by atoms with Gasteiger partial charge < -0.3 is 61.6 Å².